The number of aryl methyl sites for hydroxylation is 1. The van der Waals surface area contributed by atoms with Crippen molar-refractivity contribution in [1.82, 2.24) is 9.55 Å². The van der Waals surface area contributed by atoms with Gasteiger partial charge in [0.05, 0.1) is 31.2 Å². The van der Waals surface area contributed by atoms with Crippen LogP contribution in [-0.4, -0.2) is 28.5 Å². The van der Waals surface area contributed by atoms with Crippen molar-refractivity contribution < 1.29 is 18.7 Å². The highest BCUT2D eigenvalue weighted by molar-refractivity contribution is 6.10. The van der Waals surface area contributed by atoms with Crippen LogP contribution in [0.2, 0.25) is 0 Å². The highest BCUT2D eigenvalue weighted by Gasteiger charge is 2.23. The van der Waals surface area contributed by atoms with Gasteiger partial charge in [-0.05, 0) is 18.2 Å². The molecule has 3 aromatic heterocycles. The van der Waals surface area contributed by atoms with Crippen LogP contribution < -0.4 is 10.6 Å². The molecule has 148 valence electrons. The molecule has 0 saturated heterocycles. The van der Waals surface area contributed by atoms with Crippen LogP contribution in [0.15, 0.2) is 47.0 Å². The van der Waals surface area contributed by atoms with E-state index in [0.717, 1.165) is 22.4 Å². The van der Waals surface area contributed by atoms with Crippen LogP contribution in [0.3, 0.4) is 0 Å². The summed E-state index contributed by atoms with van der Waals surface area (Å²) in [5.74, 6) is -0.0500. The number of furan rings is 1. The molecule has 4 aromatic rings. The second kappa shape index (κ2) is 7.31. The van der Waals surface area contributed by atoms with Crippen molar-refractivity contribution in [3.63, 3.8) is 0 Å². The second-order valence-electron chi connectivity index (χ2n) is 6.65. The Labute approximate surface area is 166 Å². The molecule has 0 radical (unpaired) electrons. The lowest BCUT2D eigenvalue weighted by Gasteiger charge is -2.06. The summed E-state index contributed by atoms with van der Waals surface area (Å²) < 4.78 is 12.3. The number of nitrogens with zero attached hydrogens (tertiary/aromatic N) is 2. The predicted molar refractivity (Wildman–Crippen MR) is 110 cm³/mol. The van der Waals surface area contributed by atoms with Gasteiger partial charge in [-0.15, -0.1) is 0 Å². The third-order valence-corrected chi connectivity index (χ3v) is 4.65. The molecule has 1 aromatic carbocycles. The quantitative estimate of drug-likeness (QED) is 0.503. The molecule has 0 aliphatic rings. The molecule has 0 saturated carbocycles. The zero-order valence-corrected chi connectivity index (χ0v) is 16.3. The van der Waals surface area contributed by atoms with E-state index in [4.69, 9.17) is 9.15 Å². The van der Waals surface area contributed by atoms with Crippen molar-refractivity contribution in [2.75, 3.05) is 17.7 Å². The molecule has 0 fully saturated rings. The van der Waals surface area contributed by atoms with E-state index in [1.165, 1.54) is 14.0 Å². The number of rotatable bonds is 5. The highest BCUT2D eigenvalue weighted by atomic mass is 16.5. The van der Waals surface area contributed by atoms with E-state index in [1.54, 1.807) is 17.8 Å². The van der Waals surface area contributed by atoms with Crippen molar-refractivity contribution in [2.45, 2.75) is 13.5 Å². The van der Waals surface area contributed by atoms with E-state index in [-0.39, 0.29) is 11.6 Å². The summed E-state index contributed by atoms with van der Waals surface area (Å²) >= 11 is 0. The zero-order valence-electron chi connectivity index (χ0n) is 16.3. The molecule has 0 bridgehead atoms. The van der Waals surface area contributed by atoms with Gasteiger partial charge in [0, 0.05) is 24.7 Å². The lowest BCUT2D eigenvalue weighted by atomic mass is 10.2. The van der Waals surface area contributed by atoms with Crippen LogP contribution >= 0.6 is 0 Å². The molecular weight excluding hydrogens is 372 g/mol. The fourth-order valence-corrected chi connectivity index (χ4v) is 3.36. The van der Waals surface area contributed by atoms with Crippen LogP contribution in [0.4, 0.5) is 11.4 Å². The van der Waals surface area contributed by atoms with Gasteiger partial charge in [-0.1, -0.05) is 18.2 Å². The number of hydrogen-bond donors (Lipinski definition) is 2. The maximum absolute atomic E-state index is 12.2. The van der Waals surface area contributed by atoms with Gasteiger partial charge in [-0.2, -0.15) is 0 Å². The first-order chi connectivity index (χ1) is 14.0. The fourth-order valence-electron chi connectivity index (χ4n) is 3.36. The fraction of sp³-hybridized carbons (Fsp3) is 0.190. The Bertz CT molecular complexity index is 1210. The number of ether oxygens (including phenoxy) is 1. The third kappa shape index (κ3) is 3.40. The number of pyridine rings is 1. The summed E-state index contributed by atoms with van der Waals surface area (Å²) in [5, 5.41) is 7.67. The largest absolute Gasteiger partial charge is 0.464 e. The molecule has 2 N–H and O–H groups in total. The van der Waals surface area contributed by atoms with Crippen LogP contribution in [0, 0.1) is 0 Å². The first-order valence-electron chi connectivity index (χ1n) is 9.03. The zero-order chi connectivity index (χ0) is 20.5. The Morgan fingerprint density at radius 2 is 2.03 bits per heavy atom. The van der Waals surface area contributed by atoms with Crippen LogP contribution in [-0.2, 0) is 23.1 Å². The standard InChI is InChI=1S/C21H20N4O4/c1-12(26)24-18-16-9-14(10-23-20(16)25(2)19(18)21(27)28-3)22-11-15-8-13-6-4-5-7-17(13)29-15/h4-10,22H,11H2,1-3H3,(H,24,26). The number of amides is 1. The van der Waals surface area contributed by atoms with Crippen molar-refractivity contribution in [3.05, 3.63) is 54.0 Å². The Morgan fingerprint density at radius 3 is 2.76 bits per heavy atom. The van der Waals surface area contributed by atoms with Crippen LogP contribution in [0.5, 0.6) is 0 Å². The monoisotopic (exact) mass is 392 g/mol. The average molecular weight is 392 g/mol. The Kier molecular flexibility index (Phi) is 4.67. The van der Waals surface area contributed by atoms with E-state index >= 15 is 0 Å². The number of carbonyl (C=O) groups excluding carboxylic acids is 2. The molecule has 0 aliphatic carbocycles. The van der Waals surface area contributed by atoms with Crippen molar-refractivity contribution >= 4 is 45.3 Å². The lowest BCUT2D eigenvalue weighted by molar-refractivity contribution is -0.114. The Balaban J connectivity index is 1.68. The molecule has 0 atom stereocenters. The second-order valence-corrected chi connectivity index (χ2v) is 6.65. The van der Waals surface area contributed by atoms with Gasteiger partial charge in [0.2, 0.25) is 5.91 Å². The van der Waals surface area contributed by atoms with Crippen molar-refractivity contribution in [3.8, 4) is 0 Å². The van der Waals surface area contributed by atoms with Crippen LogP contribution in [0.25, 0.3) is 22.0 Å². The molecule has 4 rings (SSSR count). The highest BCUT2D eigenvalue weighted by Crippen LogP contribution is 2.32. The van der Waals surface area contributed by atoms with Crippen molar-refractivity contribution in [1.29, 1.82) is 0 Å². The summed E-state index contributed by atoms with van der Waals surface area (Å²) in [6.45, 7) is 1.85. The Hall–Kier alpha value is -3.81. The van der Waals surface area contributed by atoms with E-state index < -0.39 is 5.97 Å². The van der Waals surface area contributed by atoms with Crippen molar-refractivity contribution in [2.24, 2.45) is 7.05 Å². The first-order valence-corrected chi connectivity index (χ1v) is 9.03. The molecule has 8 nitrogen and oxygen atoms in total. The van der Waals surface area contributed by atoms with Gasteiger partial charge in [0.1, 0.15) is 17.0 Å². The molecule has 1 amide bonds. The summed E-state index contributed by atoms with van der Waals surface area (Å²) in [6, 6.07) is 11.6. The van der Waals surface area contributed by atoms with Gasteiger partial charge in [0.25, 0.3) is 0 Å². The number of anilines is 2. The van der Waals surface area contributed by atoms with Gasteiger partial charge in [0.15, 0.2) is 5.69 Å². The number of hydrogen-bond acceptors (Lipinski definition) is 6. The SMILES string of the molecule is COC(=O)c1c(NC(C)=O)c2cc(NCc3cc4ccccc4o3)cnc2n1C. The van der Waals surface area contributed by atoms with E-state index in [0.29, 0.717) is 23.3 Å². The van der Waals surface area contributed by atoms with Gasteiger partial charge in [-0.25, -0.2) is 9.78 Å². The molecule has 3 heterocycles. The topological polar surface area (TPSA) is 98.4 Å². The molecule has 0 unspecified atom stereocenters. The third-order valence-electron chi connectivity index (χ3n) is 4.65. The normalized spacial score (nSPS) is 11.0. The number of fused-ring (bicyclic) bond motifs is 2. The number of benzene rings is 1. The predicted octanol–water partition coefficient (Wildman–Crippen LogP) is 3.68. The summed E-state index contributed by atoms with van der Waals surface area (Å²) in [7, 11) is 3.00. The van der Waals surface area contributed by atoms with Gasteiger partial charge < -0.3 is 24.4 Å². The number of aromatic nitrogens is 2. The van der Waals surface area contributed by atoms with Gasteiger partial charge >= 0.3 is 5.97 Å². The summed E-state index contributed by atoms with van der Waals surface area (Å²) in [4.78, 5) is 28.4. The minimum absolute atomic E-state index is 0.236. The molecule has 0 spiro atoms. The smallest absolute Gasteiger partial charge is 0.356 e. The Morgan fingerprint density at radius 1 is 1.24 bits per heavy atom. The molecule has 0 aliphatic heterocycles. The summed E-state index contributed by atoms with van der Waals surface area (Å²) in [5.41, 5.74) is 2.73. The molecular formula is C21H20N4O4. The van der Waals surface area contributed by atoms with E-state index in [9.17, 15) is 9.59 Å². The number of carbonyl (C=O) groups is 2. The average Bonchev–Trinajstić information content (AvgIpc) is 3.24. The number of para-hydroxylation sites is 1. The number of methoxy groups -OCH3 is 1. The lowest BCUT2D eigenvalue weighted by Crippen LogP contribution is -2.13. The maximum atomic E-state index is 12.2. The van der Waals surface area contributed by atoms with Crippen LogP contribution in [0.1, 0.15) is 23.2 Å². The first kappa shape index (κ1) is 18.5. The maximum Gasteiger partial charge on any atom is 0.356 e. The number of nitrogens with one attached hydrogen (secondary N) is 2. The van der Waals surface area contributed by atoms with Gasteiger partial charge in [-0.3, -0.25) is 4.79 Å². The summed E-state index contributed by atoms with van der Waals surface area (Å²) in [6.07, 6.45) is 1.67. The molecule has 29 heavy (non-hydrogen) atoms. The molecule has 8 heteroatoms. The van der Waals surface area contributed by atoms with E-state index in [1.807, 2.05) is 36.4 Å². The minimum Gasteiger partial charge on any atom is -0.464 e. The minimum atomic E-state index is -0.550. The number of esters is 1. The van der Waals surface area contributed by atoms with E-state index in [2.05, 4.69) is 15.6 Å².